The predicted octanol–water partition coefficient (Wildman–Crippen LogP) is 3.01. The van der Waals surface area contributed by atoms with Crippen molar-refractivity contribution in [1.82, 2.24) is 10.2 Å². The number of fused-ring (bicyclic) bond motifs is 1. The van der Waals surface area contributed by atoms with E-state index in [0.29, 0.717) is 12.4 Å². The second-order valence-electron chi connectivity index (χ2n) is 6.54. The fraction of sp³-hybridized carbons (Fsp3) is 0.400. The van der Waals surface area contributed by atoms with Crippen LogP contribution in [0.15, 0.2) is 36.4 Å². The topological polar surface area (TPSA) is 33.7 Å². The quantitative estimate of drug-likeness (QED) is 0.873. The summed E-state index contributed by atoms with van der Waals surface area (Å²) < 4.78 is 25.0. The zero-order valence-corrected chi connectivity index (χ0v) is 15.0. The van der Waals surface area contributed by atoms with Gasteiger partial charge in [-0.3, -0.25) is 0 Å². The van der Waals surface area contributed by atoms with Crippen LogP contribution in [0.2, 0.25) is 0 Å². The lowest BCUT2D eigenvalue weighted by Gasteiger charge is -2.29. The van der Waals surface area contributed by atoms with Gasteiger partial charge in [-0.05, 0) is 62.0 Å². The Balaban J connectivity index is 1.86. The molecule has 1 heterocycles. The molecule has 0 fully saturated rings. The van der Waals surface area contributed by atoms with E-state index in [0.717, 1.165) is 36.4 Å². The fourth-order valence-corrected chi connectivity index (χ4v) is 3.19. The molecule has 0 saturated carbocycles. The molecule has 1 aliphatic heterocycles. The molecule has 1 aliphatic rings. The third kappa shape index (κ3) is 4.11. The Bertz CT molecular complexity index is 734. The van der Waals surface area contributed by atoms with Gasteiger partial charge >= 0.3 is 0 Å². The van der Waals surface area contributed by atoms with Crippen LogP contribution in [0.1, 0.15) is 22.7 Å². The van der Waals surface area contributed by atoms with E-state index in [4.69, 9.17) is 9.47 Å². The second-order valence-corrected chi connectivity index (χ2v) is 6.54. The molecule has 25 heavy (non-hydrogen) atoms. The predicted molar refractivity (Wildman–Crippen MR) is 97.0 cm³/mol. The molecule has 2 aromatic carbocycles. The van der Waals surface area contributed by atoms with Crippen molar-refractivity contribution in [3.05, 3.63) is 58.9 Å². The molecule has 0 saturated heterocycles. The van der Waals surface area contributed by atoms with Crippen LogP contribution >= 0.6 is 0 Å². The molecule has 1 unspecified atom stereocenters. The maximum Gasteiger partial charge on any atom is 0.124 e. The first-order chi connectivity index (χ1) is 12.1. The summed E-state index contributed by atoms with van der Waals surface area (Å²) >= 11 is 0. The van der Waals surface area contributed by atoms with Crippen LogP contribution in [-0.4, -0.2) is 45.8 Å². The van der Waals surface area contributed by atoms with E-state index in [-0.39, 0.29) is 11.9 Å². The maximum absolute atomic E-state index is 13.8. The Morgan fingerprint density at radius 1 is 1.16 bits per heavy atom. The molecule has 134 valence electrons. The minimum absolute atomic E-state index is 0.0785. The Labute approximate surface area is 148 Å². The van der Waals surface area contributed by atoms with Crippen molar-refractivity contribution in [3.63, 3.8) is 0 Å². The molecule has 0 spiro atoms. The van der Waals surface area contributed by atoms with Crippen molar-refractivity contribution in [3.8, 4) is 11.5 Å². The van der Waals surface area contributed by atoms with Crippen molar-refractivity contribution in [2.75, 3.05) is 40.9 Å². The first-order valence-electron chi connectivity index (χ1n) is 8.55. The zero-order valence-electron chi connectivity index (χ0n) is 15.0. The summed E-state index contributed by atoms with van der Waals surface area (Å²) in [4.78, 5) is 2.09. The van der Waals surface area contributed by atoms with Gasteiger partial charge in [0.25, 0.3) is 0 Å². The van der Waals surface area contributed by atoms with E-state index >= 15 is 0 Å². The van der Waals surface area contributed by atoms with Crippen LogP contribution in [0.3, 0.4) is 0 Å². The van der Waals surface area contributed by atoms with E-state index in [1.54, 1.807) is 19.2 Å². The van der Waals surface area contributed by atoms with Gasteiger partial charge < -0.3 is 19.7 Å². The Morgan fingerprint density at radius 2 is 2.00 bits per heavy atom. The van der Waals surface area contributed by atoms with E-state index in [1.165, 1.54) is 11.6 Å². The minimum Gasteiger partial charge on any atom is -0.496 e. The van der Waals surface area contributed by atoms with Crippen molar-refractivity contribution in [2.45, 2.75) is 12.5 Å². The van der Waals surface area contributed by atoms with Crippen molar-refractivity contribution < 1.29 is 13.9 Å². The number of likely N-dealkylation sites (N-methyl/N-ethyl adjacent to an activating group) is 1. The summed E-state index contributed by atoms with van der Waals surface area (Å²) in [5.74, 6) is 1.32. The summed E-state index contributed by atoms with van der Waals surface area (Å²) in [7, 11) is 5.67. The number of halogens is 1. The molecule has 0 amide bonds. The van der Waals surface area contributed by atoms with Gasteiger partial charge in [-0.25, -0.2) is 4.39 Å². The number of ether oxygens (including phenoxy) is 2. The van der Waals surface area contributed by atoms with Gasteiger partial charge in [-0.2, -0.15) is 0 Å². The zero-order chi connectivity index (χ0) is 17.8. The average molecular weight is 344 g/mol. The highest BCUT2D eigenvalue weighted by Gasteiger charge is 2.24. The molecule has 0 bridgehead atoms. The average Bonchev–Trinajstić information content (AvgIpc) is 2.60. The van der Waals surface area contributed by atoms with Crippen LogP contribution in [0, 0.1) is 5.82 Å². The molecule has 1 N–H and O–H groups in total. The summed E-state index contributed by atoms with van der Waals surface area (Å²) in [5, 5.41) is 3.48. The summed E-state index contributed by atoms with van der Waals surface area (Å²) in [6.45, 7) is 2.37. The SMILES string of the molecule is COc1ccc(F)cc1C1NCCc2cc(OCCN(C)C)ccc21. The molecule has 5 heteroatoms. The minimum atomic E-state index is -0.256. The number of rotatable bonds is 6. The third-order valence-corrected chi connectivity index (χ3v) is 4.48. The highest BCUT2D eigenvalue weighted by atomic mass is 19.1. The van der Waals surface area contributed by atoms with Crippen LogP contribution in [0.5, 0.6) is 11.5 Å². The Morgan fingerprint density at radius 3 is 2.76 bits per heavy atom. The van der Waals surface area contributed by atoms with Gasteiger partial charge in [0.15, 0.2) is 0 Å². The molecule has 3 rings (SSSR count). The van der Waals surface area contributed by atoms with E-state index in [1.807, 2.05) is 20.2 Å². The van der Waals surface area contributed by atoms with Gasteiger partial charge in [0.1, 0.15) is 23.9 Å². The largest absolute Gasteiger partial charge is 0.496 e. The molecule has 2 aromatic rings. The van der Waals surface area contributed by atoms with Crippen LogP contribution in [-0.2, 0) is 6.42 Å². The lowest BCUT2D eigenvalue weighted by molar-refractivity contribution is 0.261. The fourth-order valence-electron chi connectivity index (χ4n) is 3.19. The molecular formula is C20H25FN2O2. The first-order valence-corrected chi connectivity index (χ1v) is 8.55. The van der Waals surface area contributed by atoms with Crippen molar-refractivity contribution in [2.24, 2.45) is 0 Å². The van der Waals surface area contributed by atoms with Crippen LogP contribution < -0.4 is 14.8 Å². The van der Waals surface area contributed by atoms with Crippen LogP contribution in [0.4, 0.5) is 4.39 Å². The Kier molecular flexibility index (Phi) is 5.56. The van der Waals surface area contributed by atoms with Crippen LogP contribution in [0.25, 0.3) is 0 Å². The molecule has 0 radical (unpaired) electrons. The number of nitrogens with zero attached hydrogens (tertiary/aromatic N) is 1. The normalized spacial score (nSPS) is 16.6. The standard InChI is InChI=1S/C20H25FN2O2/c1-23(2)10-11-25-16-5-6-17-14(12-16)8-9-22-20(17)18-13-15(21)4-7-19(18)24-3/h4-7,12-13,20,22H,8-11H2,1-3H3. The molecular weight excluding hydrogens is 319 g/mol. The van der Waals surface area contributed by atoms with Gasteiger partial charge in [0, 0.05) is 18.7 Å². The molecule has 4 nitrogen and oxygen atoms in total. The number of methoxy groups -OCH3 is 1. The van der Waals surface area contributed by atoms with E-state index in [9.17, 15) is 4.39 Å². The summed E-state index contributed by atoms with van der Waals surface area (Å²) in [6, 6.07) is 10.7. The van der Waals surface area contributed by atoms with Gasteiger partial charge in [-0.15, -0.1) is 0 Å². The van der Waals surface area contributed by atoms with Gasteiger partial charge in [0.2, 0.25) is 0 Å². The maximum atomic E-state index is 13.8. The van der Waals surface area contributed by atoms with E-state index < -0.39 is 0 Å². The summed E-state index contributed by atoms with van der Waals surface area (Å²) in [5.41, 5.74) is 3.21. The third-order valence-electron chi connectivity index (χ3n) is 4.48. The lowest BCUT2D eigenvalue weighted by Crippen LogP contribution is -2.31. The van der Waals surface area contributed by atoms with Crippen molar-refractivity contribution in [1.29, 1.82) is 0 Å². The number of nitrogens with one attached hydrogen (secondary N) is 1. The number of hydrogen-bond acceptors (Lipinski definition) is 4. The molecule has 0 aliphatic carbocycles. The smallest absolute Gasteiger partial charge is 0.124 e. The molecule has 0 aromatic heterocycles. The first kappa shape index (κ1) is 17.7. The van der Waals surface area contributed by atoms with Gasteiger partial charge in [-0.1, -0.05) is 6.07 Å². The molecule has 1 atom stereocenters. The Hall–Kier alpha value is -2.11. The monoisotopic (exact) mass is 344 g/mol. The van der Waals surface area contributed by atoms with Crippen molar-refractivity contribution >= 4 is 0 Å². The second kappa shape index (κ2) is 7.85. The van der Waals surface area contributed by atoms with Gasteiger partial charge in [0.05, 0.1) is 13.2 Å². The summed E-state index contributed by atoms with van der Waals surface area (Å²) in [6.07, 6.45) is 0.925. The lowest BCUT2D eigenvalue weighted by atomic mass is 9.89. The number of hydrogen-bond donors (Lipinski definition) is 1. The number of benzene rings is 2. The van der Waals surface area contributed by atoms with E-state index in [2.05, 4.69) is 22.3 Å². The highest BCUT2D eigenvalue weighted by Crippen LogP contribution is 2.35. The highest BCUT2D eigenvalue weighted by molar-refractivity contribution is 5.47.